The molecule has 5 nitrogen and oxygen atoms in total. The maximum Gasteiger partial charge on any atom is 0.223 e. The van der Waals surface area contributed by atoms with Crippen molar-refractivity contribution in [2.24, 2.45) is 11.3 Å². The number of nitrogens with one attached hydrogen (secondary N) is 1. The van der Waals surface area contributed by atoms with Crippen LogP contribution in [0.4, 0.5) is 0 Å². The zero-order chi connectivity index (χ0) is 22.0. The summed E-state index contributed by atoms with van der Waals surface area (Å²) < 4.78 is 5.41. The third kappa shape index (κ3) is 4.35. The Bertz CT molecular complexity index is 1100. The van der Waals surface area contributed by atoms with Gasteiger partial charge in [-0.1, -0.05) is 30.3 Å². The van der Waals surface area contributed by atoms with Crippen molar-refractivity contribution in [2.75, 3.05) is 26.7 Å². The van der Waals surface area contributed by atoms with Crippen molar-refractivity contribution >= 4 is 16.8 Å². The molecule has 166 valence electrons. The topological polar surface area (TPSA) is 54.5 Å². The van der Waals surface area contributed by atoms with E-state index in [1.54, 1.807) is 7.11 Å². The van der Waals surface area contributed by atoms with E-state index in [-0.39, 0.29) is 17.2 Å². The molecular weight excluding hydrogens is 398 g/mol. The minimum atomic E-state index is 0.189. The smallest absolute Gasteiger partial charge is 0.223 e. The lowest BCUT2D eigenvalue weighted by atomic mass is 9.90. The molecule has 3 aromatic rings. The summed E-state index contributed by atoms with van der Waals surface area (Å²) in [4.78, 5) is 19.7. The molecule has 1 aliphatic carbocycles. The number of hydrogen-bond donors (Lipinski definition) is 1. The molecule has 1 spiro atoms. The molecule has 0 bridgehead atoms. The van der Waals surface area contributed by atoms with Gasteiger partial charge in [-0.3, -0.25) is 14.7 Å². The van der Waals surface area contributed by atoms with E-state index in [0.29, 0.717) is 6.54 Å². The lowest BCUT2D eigenvalue weighted by Gasteiger charge is -2.32. The van der Waals surface area contributed by atoms with Gasteiger partial charge >= 0.3 is 0 Å². The molecule has 0 radical (unpaired) electrons. The van der Waals surface area contributed by atoms with Gasteiger partial charge in [-0.2, -0.15) is 0 Å². The molecular formula is C27H31N3O2. The first-order valence-corrected chi connectivity index (χ1v) is 11.6. The number of para-hydroxylation sites is 1. The third-order valence-corrected chi connectivity index (χ3v) is 7.32. The van der Waals surface area contributed by atoms with E-state index in [0.717, 1.165) is 62.1 Å². The van der Waals surface area contributed by atoms with E-state index >= 15 is 0 Å². The van der Waals surface area contributed by atoms with Gasteiger partial charge in [0.15, 0.2) is 0 Å². The number of fused-ring (bicyclic) bond motifs is 1. The van der Waals surface area contributed by atoms with Crippen molar-refractivity contribution in [1.29, 1.82) is 0 Å². The van der Waals surface area contributed by atoms with Crippen molar-refractivity contribution in [3.05, 3.63) is 71.9 Å². The van der Waals surface area contributed by atoms with Gasteiger partial charge in [0.2, 0.25) is 5.91 Å². The molecule has 5 rings (SSSR count). The monoisotopic (exact) mass is 429 g/mol. The van der Waals surface area contributed by atoms with Gasteiger partial charge in [0, 0.05) is 30.6 Å². The molecule has 1 atom stereocenters. The Morgan fingerprint density at radius 2 is 2.00 bits per heavy atom. The van der Waals surface area contributed by atoms with Crippen LogP contribution in [0.25, 0.3) is 10.9 Å². The Labute approximate surface area is 189 Å². The number of pyridine rings is 1. The Hall–Kier alpha value is -2.92. The van der Waals surface area contributed by atoms with Gasteiger partial charge in [0.05, 0.1) is 12.6 Å². The van der Waals surface area contributed by atoms with Crippen LogP contribution in [0.1, 0.15) is 30.4 Å². The molecule has 32 heavy (non-hydrogen) atoms. The van der Waals surface area contributed by atoms with Crippen LogP contribution in [0.2, 0.25) is 0 Å². The number of nitrogens with zero attached hydrogens (tertiary/aromatic N) is 2. The Kier molecular flexibility index (Phi) is 5.83. The first-order chi connectivity index (χ1) is 15.7. The fourth-order valence-electron chi connectivity index (χ4n) is 5.26. The third-order valence-electron chi connectivity index (χ3n) is 7.32. The molecule has 1 aromatic heterocycles. The van der Waals surface area contributed by atoms with Crippen molar-refractivity contribution in [3.63, 3.8) is 0 Å². The van der Waals surface area contributed by atoms with Gasteiger partial charge in [-0.15, -0.1) is 0 Å². The highest BCUT2D eigenvalue weighted by Crippen LogP contribution is 2.59. The number of hydrogen-bond acceptors (Lipinski definition) is 4. The van der Waals surface area contributed by atoms with Gasteiger partial charge in [-0.05, 0) is 79.6 Å². The van der Waals surface area contributed by atoms with E-state index in [1.165, 1.54) is 10.9 Å². The predicted molar refractivity (Wildman–Crippen MR) is 127 cm³/mol. The number of carbonyl (C=O) groups is 1. The molecule has 1 aliphatic heterocycles. The second kappa shape index (κ2) is 8.91. The lowest BCUT2D eigenvalue weighted by Crippen LogP contribution is -2.37. The van der Waals surface area contributed by atoms with E-state index in [2.05, 4.69) is 45.5 Å². The van der Waals surface area contributed by atoms with Gasteiger partial charge in [0.1, 0.15) is 5.75 Å². The summed E-state index contributed by atoms with van der Waals surface area (Å²) in [6, 6.07) is 18.7. The Morgan fingerprint density at radius 1 is 1.16 bits per heavy atom. The van der Waals surface area contributed by atoms with Crippen molar-refractivity contribution in [3.8, 4) is 5.75 Å². The van der Waals surface area contributed by atoms with Crippen molar-refractivity contribution < 1.29 is 9.53 Å². The maximum atomic E-state index is 12.8. The van der Waals surface area contributed by atoms with Gasteiger partial charge in [0.25, 0.3) is 0 Å². The average molecular weight is 430 g/mol. The number of piperidine rings is 1. The van der Waals surface area contributed by atoms with E-state index in [4.69, 9.17) is 4.74 Å². The van der Waals surface area contributed by atoms with Crippen LogP contribution in [0.3, 0.4) is 0 Å². The van der Waals surface area contributed by atoms with Crippen LogP contribution >= 0.6 is 0 Å². The molecule has 1 saturated carbocycles. The molecule has 0 unspecified atom stereocenters. The van der Waals surface area contributed by atoms with Crippen LogP contribution in [-0.2, 0) is 17.8 Å². The maximum absolute atomic E-state index is 12.8. The number of amides is 1. The van der Waals surface area contributed by atoms with Gasteiger partial charge in [-0.25, -0.2) is 0 Å². The van der Waals surface area contributed by atoms with Crippen LogP contribution in [0.15, 0.2) is 60.8 Å². The minimum Gasteiger partial charge on any atom is -0.496 e. The van der Waals surface area contributed by atoms with Crippen LogP contribution in [-0.4, -0.2) is 42.5 Å². The van der Waals surface area contributed by atoms with E-state index < -0.39 is 0 Å². The van der Waals surface area contributed by atoms with Gasteiger partial charge < -0.3 is 10.1 Å². The highest BCUT2D eigenvalue weighted by molar-refractivity contribution is 5.82. The summed E-state index contributed by atoms with van der Waals surface area (Å²) in [5, 5.41) is 4.37. The first kappa shape index (κ1) is 21.0. The van der Waals surface area contributed by atoms with Crippen LogP contribution in [0.5, 0.6) is 5.75 Å². The molecule has 2 aromatic carbocycles. The molecule has 2 fully saturated rings. The summed E-state index contributed by atoms with van der Waals surface area (Å²) in [7, 11) is 1.69. The summed E-state index contributed by atoms with van der Waals surface area (Å²) >= 11 is 0. The molecule has 1 saturated heterocycles. The second-order valence-electron chi connectivity index (χ2n) is 9.28. The SMILES string of the molecule is COc1ccccc1CCNC(=O)[C@@H]1CC12CCN(Cc1ccc3ncccc3c1)CC2. The van der Waals surface area contributed by atoms with E-state index in [9.17, 15) is 4.79 Å². The molecule has 1 N–H and O–H groups in total. The first-order valence-electron chi connectivity index (χ1n) is 11.6. The van der Waals surface area contributed by atoms with Crippen molar-refractivity contribution in [2.45, 2.75) is 32.2 Å². The van der Waals surface area contributed by atoms with Crippen LogP contribution in [0, 0.1) is 11.3 Å². The Morgan fingerprint density at radius 3 is 2.84 bits per heavy atom. The number of carbonyl (C=O) groups excluding carboxylic acids is 1. The fourth-order valence-corrected chi connectivity index (χ4v) is 5.26. The summed E-state index contributed by atoms with van der Waals surface area (Å²) in [5.41, 5.74) is 3.76. The molecule has 2 heterocycles. The zero-order valence-corrected chi connectivity index (χ0v) is 18.7. The minimum absolute atomic E-state index is 0.189. The highest BCUT2D eigenvalue weighted by atomic mass is 16.5. The quantitative estimate of drug-likeness (QED) is 0.612. The van der Waals surface area contributed by atoms with Crippen LogP contribution < -0.4 is 10.1 Å². The van der Waals surface area contributed by atoms with Crippen molar-refractivity contribution in [1.82, 2.24) is 15.2 Å². The Balaban J connectivity index is 1.09. The normalized spacial score (nSPS) is 19.7. The molecule has 2 aliphatic rings. The molecule has 1 amide bonds. The number of rotatable bonds is 7. The number of benzene rings is 2. The summed E-state index contributed by atoms with van der Waals surface area (Å²) in [6.07, 6.45) is 5.92. The largest absolute Gasteiger partial charge is 0.496 e. The number of likely N-dealkylation sites (tertiary alicyclic amines) is 1. The fraction of sp³-hybridized carbons (Fsp3) is 0.407. The highest BCUT2D eigenvalue weighted by Gasteiger charge is 2.58. The molecule has 5 heteroatoms. The number of methoxy groups -OCH3 is 1. The predicted octanol–water partition coefficient (Wildman–Crippen LogP) is 4.20. The lowest BCUT2D eigenvalue weighted by molar-refractivity contribution is -0.123. The summed E-state index contributed by atoms with van der Waals surface area (Å²) in [5.74, 6) is 1.31. The zero-order valence-electron chi connectivity index (χ0n) is 18.7. The average Bonchev–Trinajstić information content (AvgIpc) is 3.54. The number of ether oxygens (including phenoxy) is 1. The standard InChI is InChI=1S/C27H31N3O2/c1-32-25-7-3-2-5-21(25)10-14-29-26(31)23-18-27(23)11-15-30(16-12-27)19-20-8-9-24-22(17-20)6-4-13-28-24/h2-9,13,17,23H,10-12,14-16,18-19H2,1H3,(H,29,31)/t23-/m0/s1. The van der Waals surface area contributed by atoms with E-state index in [1.807, 2.05) is 30.5 Å². The second-order valence-corrected chi connectivity index (χ2v) is 9.28. The number of aromatic nitrogens is 1. The summed E-state index contributed by atoms with van der Waals surface area (Å²) in [6.45, 7) is 3.76.